The van der Waals surface area contributed by atoms with E-state index >= 15 is 0 Å². The highest BCUT2D eigenvalue weighted by molar-refractivity contribution is 6.45. The Balaban J connectivity index is 1.36. The van der Waals surface area contributed by atoms with Crippen molar-refractivity contribution in [1.82, 2.24) is 0 Å². The molecule has 0 amide bonds. The molecule has 1 aromatic carbocycles. The van der Waals surface area contributed by atoms with Gasteiger partial charge in [0.1, 0.15) is 11.4 Å². The SMILES string of the molecule is CC1(C)C2=C=C1[C@]1(C)OB(CC3COc4ccccc43)O[C@@H]1C2. The van der Waals surface area contributed by atoms with Crippen LogP contribution in [0, 0.1) is 5.41 Å². The first-order valence-corrected chi connectivity index (χ1v) is 8.55. The van der Waals surface area contributed by atoms with Gasteiger partial charge in [-0.05, 0) is 24.9 Å². The third-order valence-electron chi connectivity index (χ3n) is 6.12. The van der Waals surface area contributed by atoms with Crippen LogP contribution < -0.4 is 4.74 Å². The lowest BCUT2D eigenvalue weighted by atomic mass is 9.57. The summed E-state index contributed by atoms with van der Waals surface area (Å²) >= 11 is 0. The normalized spacial score (nSPS) is 35.7. The van der Waals surface area contributed by atoms with Gasteiger partial charge >= 0.3 is 7.12 Å². The van der Waals surface area contributed by atoms with Crippen LogP contribution in [0.3, 0.4) is 0 Å². The zero-order chi connectivity index (χ0) is 15.8. The van der Waals surface area contributed by atoms with E-state index in [1.54, 1.807) is 0 Å². The fourth-order valence-electron chi connectivity index (χ4n) is 4.70. The summed E-state index contributed by atoms with van der Waals surface area (Å²) in [6.45, 7) is 7.44. The van der Waals surface area contributed by atoms with E-state index in [9.17, 15) is 0 Å². The lowest BCUT2D eigenvalue weighted by Crippen LogP contribution is -2.52. The molecule has 118 valence electrons. The molecule has 4 heteroatoms. The average molecular weight is 308 g/mol. The van der Waals surface area contributed by atoms with Gasteiger partial charge in [0.25, 0.3) is 0 Å². The second kappa shape index (κ2) is 4.33. The molecule has 1 saturated carbocycles. The van der Waals surface area contributed by atoms with Crippen molar-refractivity contribution in [3.63, 3.8) is 0 Å². The first-order valence-electron chi connectivity index (χ1n) is 8.55. The summed E-state index contributed by atoms with van der Waals surface area (Å²) in [4.78, 5) is 0. The first-order chi connectivity index (χ1) is 11.0. The van der Waals surface area contributed by atoms with E-state index in [0.717, 1.165) is 25.1 Å². The van der Waals surface area contributed by atoms with Crippen LogP contribution in [-0.4, -0.2) is 25.4 Å². The Hall–Kier alpha value is -1.48. The van der Waals surface area contributed by atoms with Crippen LogP contribution in [-0.2, 0) is 9.31 Å². The maximum Gasteiger partial charge on any atom is 0.458 e. The molecule has 2 heterocycles. The average Bonchev–Trinajstić information content (AvgIpc) is 3.07. The maximum atomic E-state index is 6.42. The highest BCUT2D eigenvalue weighted by atomic mass is 16.7. The molecule has 0 N–H and O–H groups in total. The van der Waals surface area contributed by atoms with Crippen LogP contribution in [0.25, 0.3) is 0 Å². The number of hydrogen-bond donors (Lipinski definition) is 0. The van der Waals surface area contributed by atoms with Crippen molar-refractivity contribution in [2.45, 2.75) is 51.1 Å². The molecule has 2 fully saturated rings. The Labute approximate surface area is 137 Å². The molecule has 0 radical (unpaired) electrons. The van der Waals surface area contributed by atoms with E-state index in [-0.39, 0.29) is 24.2 Å². The smallest absolute Gasteiger partial charge is 0.458 e. The van der Waals surface area contributed by atoms with Gasteiger partial charge in [-0.3, -0.25) is 0 Å². The molecule has 3 aliphatic carbocycles. The lowest BCUT2D eigenvalue weighted by molar-refractivity contribution is 0.0446. The zero-order valence-electron chi connectivity index (χ0n) is 13.9. The minimum atomic E-state index is -0.311. The maximum absolute atomic E-state index is 6.42. The van der Waals surface area contributed by atoms with Crippen LogP contribution in [0.2, 0.25) is 6.32 Å². The quantitative estimate of drug-likeness (QED) is 0.615. The third kappa shape index (κ3) is 1.75. The molecule has 1 aromatic rings. The van der Waals surface area contributed by atoms with E-state index in [0.29, 0.717) is 5.92 Å². The third-order valence-corrected chi connectivity index (χ3v) is 6.12. The topological polar surface area (TPSA) is 27.7 Å². The number of ether oxygens (including phenoxy) is 1. The molecule has 0 spiro atoms. The second-order valence-electron chi connectivity index (χ2n) is 7.87. The number of para-hydroxylation sites is 1. The van der Waals surface area contributed by atoms with Gasteiger partial charge in [0.2, 0.25) is 0 Å². The van der Waals surface area contributed by atoms with Crippen molar-refractivity contribution in [3.8, 4) is 5.75 Å². The van der Waals surface area contributed by atoms with E-state index in [1.165, 1.54) is 16.7 Å². The molecular weight excluding hydrogens is 287 g/mol. The largest absolute Gasteiger partial charge is 0.493 e. The second-order valence-corrected chi connectivity index (χ2v) is 7.87. The summed E-state index contributed by atoms with van der Waals surface area (Å²) in [6, 6.07) is 8.29. The predicted octanol–water partition coefficient (Wildman–Crippen LogP) is 3.72. The Morgan fingerprint density at radius 1 is 1.26 bits per heavy atom. The fraction of sp³-hybridized carbons (Fsp3) is 0.526. The minimum absolute atomic E-state index is 0.132. The van der Waals surface area contributed by atoms with Crippen LogP contribution in [0.15, 0.2) is 41.1 Å². The summed E-state index contributed by atoms with van der Waals surface area (Å²) in [5, 5.41) is 0. The van der Waals surface area contributed by atoms with Crippen molar-refractivity contribution in [1.29, 1.82) is 0 Å². The van der Waals surface area contributed by atoms with Gasteiger partial charge in [0, 0.05) is 28.9 Å². The number of rotatable bonds is 2. The molecule has 2 bridgehead atoms. The standard InChI is InChI=1S/C19H21BO3/c1-18(2)13-8-16(18)19(3)17(9-13)22-20(23-19)10-12-11-21-15-7-5-4-6-14(12)15/h4-7,12,17H,9-11H2,1-3H3/t12?,17-,19+/m1/s1. The van der Waals surface area contributed by atoms with Gasteiger partial charge in [-0.25, -0.2) is 0 Å². The van der Waals surface area contributed by atoms with Crippen LogP contribution >= 0.6 is 0 Å². The van der Waals surface area contributed by atoms with Crippen molar-refractivity contribution in [3.05, 3.63) is 46.7 Å². The highest BCUT2D eigenvalue weighted by Crippen LogP contribution is 2.58. The summed E-state index contributed by atoms with van der Waals surface area (Å²) in [5.41, 5.74) is 7.28. The lowest BCUT2D eigenvalue weighted by Gasteiger charge is -2.51. The molecule has 1 unspecified atom stereocenters. The van der Waals surface area contributed by atoms with Gasteiger partial charge in [-0.15, -0.1) is 5.73 Å². The Bertz CT molecular complexity index is 762. The predicted molar refractivity (Wildman–Crippen MR) is 88.5 cm³/mol. The van der Waals surface area contributed by atoms with Crippen LogP contribution in [0.1, 0.15) is 38.7 Å². The summed E-state index contributed by atoms with van der Waals surface area (Å²) in [6.07, 6.45) is 1.94. The number of benzene rings is 1. The number of hydrogen-bond acceptors (Lipinski definition) is 3. The van der Waals surface area contributed by atoms with Gasteiger partial charge < -0.3 is 14.0 Å². The van der Waals surface area contributed by atoms with Crippen molar-refractivity contribution in [2.24, 2.45) is 5.41 Å². The zero-order valence-corrected chi connectivity index (χ0v) is 13.9. The van der Waals surface area contributed by atoms with Crippen molar-refractivity contribution in [2.75, 3.05) is 6.61 Å². The van der Waals surface area contributed by atoms with E-state index in [1.807, 2.05) is 12.1 Å². The Morgan fingerprint density at radius 2 is 2.09 bits per heavy atom. The number of fused-ring (bicyclic) bond motifs is 1. The fourth-order valence-corrected chi connectivity index (χ4v) is 4.70. The Morgan fingerprint density at radius 3 is 2.91 bits per heavy atom. The molecule has 3 atom stereocenters. The molecule has 5 aliphatic rings. The summed E-state index contributed by atoms with van der Waals surface area (Å²) in [7, 11) is -0.158. The first kappa shape index (κ1) is 13.9. The van der Waals surface area contributed by atoms with Crippen LogP contribution in [0.5, 0.6) is 5.75 Å². The monoisotopic (exact) mass is 308 g/mol. The van der Waals surface area contributed by atoms with E-state index in [2.05, 4.69) is 38.6 Å². The van der Waals surface area contributed by atoms with Crippen molar-refractivity contribution < 1.29 is 14.0 Å². The van der Waals surface area contributed by atoms with E-state index in [4.69, 9.17) is 14.0 Å². The Kier molecular flexibility index (Phi) is 2.62. The van der Waals surface area contributed by atoms with E-state index < -0.39 is 0 Å². The highest BCUT2D eigenvalue weighted by Gasteiger charge is 2.61. The molecule has 1 saturated heterocycles. The van der Waals surface area contributed by atoms with Gasteiger partial charge in [0.05, 0.1) is 12.7 Å². The minimum Gasteiger partial charge on any atom is -0.493 e. The van der Waals surface area contributed by atoms with Crippen LogP contribution in [0.4, 0.5) is 0 Å². The molecule has 3 nitrogen and oxygen atoms in total. The molecule has 0 aromatic heterocycles. The molecule has 6 rings (SSSR count). The summed E-state index contributed by atoms with van der Waals surface area (Å²) < 4.78 is 18.5. The molecule has 23 heavy (non-hydrogen) atoms. The summed E-state index contributed by atoms with van der Waals surface area (Å²) in [5.74, 6) is 1.36. The van der Waals surface area contributed by atoms with Gasteiger partial charge in [-0.2, -0.15) is 0 Å². The van der Waals surface area contributed by atoms with Gasteiger partial charge in [0.15, 0.2) is 0 Å². The molecular formula is C19H21BO3. The molecule has 2 aliphatic heterocycles. The van der Waals surface area contributed by atoms with Crippen molar-refractivity contribution >= 4 is 7.12 Å². The van der Waals surface area contributed by atoms with Gasteiger partial charge in [-0.1, -0.05) is 32.0 Å².